The summed E-state index contributed by atoms with van der Waals surface area (Å²) in [6.07, 6.45) is 1.35. The van der Waals surface area contributed by atoms with E-state index in [2.05, 4.69) is 27.3 Å². The van der Waals surface area contributed by atoms with Gasteiger partial charge in [0.2, 0.25) is 0 Å². The topological polar surface area (TPSA) is 28.2 Å². The van der Waals surface area contributed by atoms with Crippen LogP contribution in [-0.2, 0) is 0 Å². The molecule has 4 rings (SSSR count). The van der Waals surface area contributed by atoms with Crippen molar-refractivity contribution in [2.45, 2.75) is 25.4 Å². The lowest BCUT2D eigenvalue weighted by Gasteiger charge is -2.48. The summed E-state index contributed by atoms with van der Waals surface area (Å²) in [6.45, 7) is 4.28. The van der Waals surface area contributed by atoms with Crippen molar-refractivity contribution in [1.29, 1.82) is 0 Å². The predicted octanol–water partition coefficient (Wildman–Crippen LogP) is 0.941. The first-order valence-electron chi connectivity index (χ1n) is 5.26. The fourth-order valence-electron chi connectivity index (χ4n) is 2.41. The van der Waals surface area contributed by atoms with Crippen LogP contribution in [0.25, 0.3) is 0 Å². The number of rotatable bonds is 1. The van der Waals surface area contributed by atoms with Crippen molar-refractivity contribution < 1.29 is 0 Å². The summed E-state index contributed by atoms with van der Waals surface area (Å²) < 4.78 is 0. The van der Waals surface area contributed by atoms with E-state index >= 15 is 0 Å². The molecule has 3 aliphatic rings. The molecule has 14 heavy (non-hydrogen) atoms. The molecule has 0 spiro atoms. The molecule has 2 bridgehead atoms. The Balaban J connectivity index is 1.82. The van der Waals surface area contributed by atoms with Crippen molar-refractivity contribution in [2.75, 3.05) is 18.0 Å². The molecule has 1 N–H and O–H groups in total. The molecule has 3 aliphatic heterocycles. The third-order valence-electron chi connectivity index (χ3n) is 3.12. The zero-order chi connectivity index (χ0) is 9.54. The number of aromatic nitrogens is 1. The molecule has 2 unspecified atom stereocenters. The second kappa shape index (κ2) is 2.95. The Morgan fingerprint density at radius 1 is 1.36 bits per heavy atom. The molecule has 74 valence electrons. The molecule has 0 saturated carbocycles. The number of piperidine rings is 1. The predicted molar refractivity (Wildman–Crippen MR) is 56.5 cm³/mol. The largest absolute Gasteiger partial charge is 0.353 e. The van der Waals surface area contributed by atoms with Crippen molar-refractivity contribution in [1.82, 2.24) is 10.3 Å². The van der Waals surface area contributed by atoms with Gasteiger partial charge in [0.15, 0.2) is 0 Å². The molecule has 0 radical (unpaired) electrons. The van der Waals surface area contributed by atoms with Crippen LogP contribution < -0.4 is 10.2 Å². The molecule has 1 aromatic rings. The average Bonchev–Trinajstić information content (AvgIpc) is 2.17. The maximum atomic E-state index is 4.55. The summed E-state index contributed by atoms with van der Waals surface area (Å²) in [5, 5.41) is 3.52. The minimum absolute atomic E-state index is 0.705. The Kier molecular flexibility index (Phi) is 1.74. The highest BCUT2D eigenvalue weighted by Crippen LogP contribution is 2.24. The molecule has 0 aliphatic carbocycles. The van der Waals surface area contributed by atoms with Gasteiger partial charge in [-0.2, -0.15) is 0 Å². The summed E-state index contributed by atoms with van der Waals surface area (Å²) in [5.74, 6) is 1.14. The molecule has 2 atom stereocenters. The summed E-state index contributed by atoms with van der Waals surface area (Å²) >= 11 is 0. The molecular weight excluding hydrogens is 174 g/mol. The lowest BCUT2D eigenvalue weighted by atomic mass is 9.91. The van der Waals surface area contributed by atoms with Gasteiger partial charge in [-0.1, -0.05) is 6.07 Å². The molecule has 3 fully saturated rings. The van der Waals surface area contributed by atoms with Crippen molar-refractivity contribution in [3.63, 3.8) is 0 Å². The average molecular weight is 189 g/mol. The van der Waals surface area contributed by atoms with E-state index in [0.717, 1.165) is 24.6 Å². The lowest BCUT2D eigenvalue weighted by Crippen LogP contribution is -2.67. The van der Waals surface area contributed by atoms with Crippen LogP contribution >= 0.6 is 0 Å². The van der Waals surface area contributed by atoms with Gasteiger partial charge in [0.1, 0.15) is 5.82 Å². The van der Waals surface area contributed by atoms with Crippen LogP contribution in [-0.4, -0.2) is 30.2 Å². The number of nitrogens with zero attached hydrogens (tertiary/aromatic N) is 2. The maximum absolute atomic E-state index is 4.55. The Bertz CT molecular complexity index is 334. The highest BCUT2D eigenvalue weighted by molar-refractivity contribution is 5.41. The number of nitrogens with one attached hydrogen (secondary N) is 1. The number of fused-ring (bicyclic) bond motifs is 2. The molecule has 0 amide bonds. The standard InChI is InChI=1S/C11H15N3/c1-8-3-2-4-11(12-8)14-6-9-5-10(7-14)13-9/h2-4,9-10,13H,5-7H2,1H3. The van der Waals surface area contributed by atoms with Gasteiger partial charge in [0, 0.05) is 30.9 Å². The normalized spacial score (nSPS) is 29.9. The number of anilines is 1. The van der Waals surface area contributed by atoms with Crippen LogP contribution in [0.1, 0.15) is 12.1 Å². The Hall–Kier alpha value is -1.09. The minimum Gasteiger partial charge on any atom is -0.353 e. The molecule has 1 aromatic heterocycles. The van der Waals surface area contributed by atoms with E-state index in [1.54, 1.807) is 0 Å². The Morgan fingerprint density at radius 3 is 2.71 bits per heavy atom. The van der Waals surface area contributed by atoms with E-state index in [9.17, 15) is 0 Å². The number of hydrogen-bond donors (Lipinski definition) is 1. The van der Waals surface area contributed by atoms with Crippen molar-refractivity contribution >= 4 is 5.82 Å². The molecule has 3 heteroatoms. The number of aryl methyl sites for hydroxylation is 1. The second-order valence-electron chi connectivity index (χ2n) is 4.34. The van der Waals surface area contributed by atoms with Crippen LogP contribution in [0.15, 0.2) is 18.2 Å². The SMILES string of the molecule is Cc1cccc(N2CC3CC(C2)N3)n1. The van der Waals surface area contributed by atoms with Gasteiger partial charge in [-0.25, -0.2) is 4.98 Å². The first-order valence-corrected chi connectivity index (χ1v) is 5.26. The Morgan fingerprint density at radius 2 is 2.07 bits per heavy atom. The fourth-order valence-corrected chi connectivity index (χ4v) is 2.41. The van der Waals surface area contributed by atoms with E-state index in [0.29, 0.717) is 12.1 Å². The molecule has 3 nitrogen and oxygen atoms in total. The highest BCUT2D eigenvalue weighted by atomic mass is 15.3. The van der Waals surface area contributed by atoms with Gasteiger partial charge in [-0.3, -0.25) is 0 Å². The first kappa shape index (κ1) is 8.24. The molecule has 3 saturated heterocycles. The third kappa shape index (κ3) is 1.28. The van der Waals surface area contributed by atoms with Crippen LogP contribution in [0.4, 0.5) is 5.82 Å². The second-order valence-corrected chi connectivity index (χ2v) is 4.34. The summed E-state index contributed by atoms with van der Waals surface area (Å²) in [7, 11) is 0. The van der Waals surface area contributed by atoms with E-state index in [4.69, 9.17) is 0 Å². The Labute approximate surface area is 84.1 Å². The number of piperazine rings is 1. The summed E-state index contributed by atoms with van der Waals surface area (Å²) in [6, 6.07) is 7.65. The van der Waals surface area contributed by atoms with Crippen molar-refractivity contribution in [2.24, 2.45) is 0 Å². The lowest BCUT2D eigenvalue weighted by molar-refractivity contribution is 0.225. The monoisotopic (exact) mass is 189 g/mol. The summed E-state index contributed by atoms with van der Waals surface area (Å²) in [4.78, 5) is 6.94. The van der Waals surface area contributed by atoms with Gasteiger partial charge < -0.3 is 10.2 Å². The number of pyridine rings is 1. The fraction of sp³-hybridized carbons (Fsp3) is 0.545. The van der Waals surface area contributed by atoms with Gasteiger partial charge in [-0.05, 0) is 25.5 Å². The molecular formula is C11H15N3. The zero-order valence-electron chi connectivity index (χ0n) is 8.40. The first-order chi connectivity index (χ1) is 6.81. The van der Waals surface area contributed by atoms with Crippen molar-refractivity contribution in [3.05, 3.63) is 23.9 Å². The van der Waals surface area contributed by atoms with Crippen molar-refractivity contribution in [3.8, 4) is 0 Å². The van der Waals surface area contributed by atoms with Gasteiger partial charge in [0.25, 0.3) is 0 Å². The third-order valence-corrected chi connectivity index (χ3v) is 3.12. The quantitative estimate of drug-likeness (QED) is 0.712. The van der Waals surface area contributed by atoms with Crippen LogP contribution in [0.5, 0.6) is 0 Å². The van der Waals surface area contributed by atoms with E-state index in [1.807, 2.05) is 13.0 Å². The minimum atomic E-state index is 0.705. The van der Waals surface area contributed by atoms with Crippen LogP contribution in [0.2, 0.25) is 0 Å². The maximum Gasteiger partial charge on any atom is 0.128 e. The highest BCUT2D eigenvalue weighted by Gasteiger charge is 2.36. The number of hydrogen-bond acceptors (Lipinski definition) is 3. The van der Waals surface area contributed by atoms with E-state index in [-0.39, 0.29) is 0 Å². The van der Waals surface area contributed by atoms with Gasteiger partial charge in [-0.15, -0.1) is 0 Å². The van der Waals surface area contributed by atoms with E-state index in [1.165, 1.54) is 6.42 Å². The van der Waals surface area contributed by atoms with Crippen LogP contribution in [0, 0.1) is 6.92 Å². The van der Waals surface area contributed by atoms with E-state index < -0.39 is 0 Å². The smallest absolute Gasteiger partial charge is 0.128 e. The zero-order valence-corrected chi connectivity index (χ0v) is 8.40. The van der Waals surface area contributed by atoms with Crippen LogP contribution in [0.3, 0.4) is 0 Å². The van der Waals surface area contributed by atoms with Gasteiger partial charge in [0.05, 0.1) is 0 Å². The summed E-state index contributed by atoms with van der Waals surface area (Å²) in [5.41, 5.74) is 1.11. The molecule has 4 heterocycles. The van der Waals surface area contributed by atoms with Gasteiger partial charge >= 0.3 is 0 Å². The molecule has 0 aromatic carbocycles.